The van der Waals surface area contributed by atoms with Gasteiger partial charge in [-0.1, -0.05) is 5.16 Å². The van der Waals surface area contributed by atoms with Gasteiger partial charge in [-0.3, -0.25) is 4.79 Å². The Balaban J connectivity index is 1.47. The van der Waals surface area contributed by atoms with Crippen LogP contribution in [-0.2, 0) is 27.8 Å². The van der Waals surface area contributed by atoms with Crippen molar-refractivity contribution >= 4 is 21.6 Å². The molecular weight excluding hydrogens is 420 g/mol. The second-order valence-electron chi connectivity index (χ2n) is 7.13. The molecule has 1 N–H and O–H groups in total. The van der Waals surface area contributed by atoms with Crippen LogP contribution < -0.4 is 14.4 Å². The quantitative estimate of drug-likeness (QED) is 0.624. The number of anilines is 1. The number of hydrogen-bond acceptors (Lipinski definition) is 7. The van der Waals surface area contributed by atoms with Gasteiger partial charge in [-0.2, -0.15) is 4.98 Å². The highest BCUT2D eigenvalue weighted by Gasteiger charge is 2.23. The Morgan fingerprint density at radius 1 is 1.23 bits per heavy atom. The molecule has 0 fully saturated rings. The third-order valence-corrected chi connectivity index (χ3v) is 6.49. The number of rotatable bonds is 6. The summed E-state index contributed by atoms with van der Waals surface area (Å²) in [5.41, 5.74) is 2.33. The summed E-state index contributed by atoms with van der Waals surface area (Å²) < 4.78 is 38.3. The molecule has 2 aromatic carbocycles. The number of hydrogen-bond donors (Lipinski definition) is 1. The van der Waals surface area contributed by atoms with Crippen LogP contribution in [-0.4, -0.2) is 38.1 Å². The van der Waals surface area contributed by atoms with Crippen molar-refractivity contribution < 1.29 is 22.5 Å². The number of carbonyl (C=O) groups is 1. The molecule has 9 nitrogen and oxygen atoms in total. The Bertz CT molecular complexity index is 1200. The molecule has 0 saturated heterocycles. The predicted molar refractivity (Wildman–Crippen MR) is 113 cm³/mol. The molecule has 3 aromatic rings. The van der Waals surface area contributed by atoms with Crippen LogP contribution in [0.3, 0.4) is 0 Å². The van der Waals surface area contributed by atoms with Gasteiger partial charge in [-0.15, -0.1) is 0 Å². The van der Waals surface area contributed by atoms with E-state index >= 15 is 0 Å². The third kappa shape index (κ3) is 4.44. The van der Waals surface area contributed by atoms with Crippen LogP contribution in [0.1, 0.15) is 24.8 Å². The highest BCUT2D eigenvalue weighted by atomic mass is 32.2. The number of aromatic nitrogens is 2. The van der Waals surface area contributed by atoms with Gasteiger partial charge in [0.25, 0.3) is 0 Å². The zero-order valence-electron chi connectivity index (χ0n) is 17.2. The molecule has 10 heteroatoms. The van der Waals surface area contributed by atoms with E-state index in [1.165, 1.54) is 13.0 Å². The number of nitrogens with one attached hydrogen (secondary N) is 1. The number of methoxy groups -OCH3 is 1. The summed E-state index contributed by atoms with van der Waals surface area (Å²) in [6.07, 6.45) is 1.51. The molecule has 4 rings (SSSR count). The third-order valence-electron chi connectivity index (χ3n) is 5.09. The summed E-state index contributed by atoms with van der Waals surface area (Å²) in [6.45, 7) is 2.01. The first-order valence-electron chi connectivity index (χ1n) is 9.75. The zero-order valence-corrected chi connectivity index (χ0v) is 18.0. The van der Waals surface area contributed by atoms with E-state index in [1.54, 1.807) is 48.4 Å². The van der Waals surface area contributed by atoms with E-state index in [9.17, 15) is 13.2 Å². The summed E-state index contributed by atoms with van der Waals surface area (Å²) in [7, 11) is -2.21. The first kappa shape index (κ1) is 21.0. The number of amides is 1. The van der Waals surface area contributed by atoms with E-state index in [-0.39, 0.29) is 23.2 Å². The minimum atomic E-state index is -3.79. The summed E-state index contributed by atoms with van der Waals surface area (Å²) in [4.78, 5) is 17.8. The van der Waals surface area contributed by atoms with Crippen LogP contribution in [0.15, 0.2) is 51.9 Å². The maximum absolute atomic E-state index is 12.8. The zero-order chi connectivity index (χ0) is 22.0. The molecule has 0 saturated carbocycles. The Hall–Kier alpha value is -3.24. The fourth-order valence-corrected chi connectivity index (χ4v) is 4.52. The van der Waals surface area contributed by atoms with Crippen LogP contribution in [0.25, 0.3) is 11.4 Å². The molecule has 2 heterocycles. The van der Waals surface area contributed by atoms with Gasteiger partial charge >= 0.3 is 0 Å². The van der Waals surface area contributed by atoms with Gasteiger partial charge in [0.05, 0.1) is 18.6 Å². The minimum Gasteiger partial charge on any atom is -0.497 e. The number of fused-ring (bicyclic) bond motifs is 1. The largest absolute Gasteiger partial charge is 0.497 e. The Morgan fingerprint density at radius 3 is 2.71 bits per heavy atom. The molecule has 0 unspecified atom stereocenters. The van der Waals surface area contributed by atoms with Gasteiger partial charge in [0.1, 0.15) is 5.75 Å². The van der Waals surface area contributed by atoms with Crippen molar-refractivity contribution in [2.75, 3.05) is 18.6 Å². The number of benzene rings is 2. The first-order chi connectivity index (χ1) is 14.9. The van der Waals surface area contributed by atoms with E-state index in [4.69, 9.17) is 9.26 Å². The van der Waals surface area contributed by atoms with Crippen molar-refractivity contribution in [1.82, 2.24) is 14.9 Å². The molecular formula is C21H22N4O5S. The van der Waals surface area contributed by atoms with Crippen molar-refractivity contribution in [2.45, 2.75) is 31.2 Å². The SMILES string of the molecule is COc1ccc(-c2noc(CNS(=O)(=O)c3ccc4c(c3)CCCN4C(C)=O)n2)cc1. The average Bonchev–Trinajstić information content (AvgIpc) is 3.26. The molecule has 1 amide bonds. The monoisotopic (exact) mass is 442 g/mol. The maximum atomic E-state index is 12.8. The van der Waals surface area contributed by atoms with Gasteiger partial charge < -0.3 is 14.2 Å². The van der Waals surface area contributed by atoms with Crippen LogP contribution in [0.2, 0.25) is 0 Å². The lowest BCUT2D eigenvalue weighted by molar-refractivity contribution is -0.116. The topological polar surface area (TPSA) is 115 Å². The summed E-state index contributed by atoms with van der Waals surface area (Å²) >= 11 is 0. The Kier molecular flexibility index (Phi) is 5.75. The average molecular weight is 442 g/mol. The predicted octanol–water partition coefficient (Wildman–Crippen LogP) is 2.52. The standard InChI is InChI=1S/C21H22N4O5S/c1-14(26)25-11-3-4-16-12-18(9-10-19(16)25)31(27,28)22-13-20-23-21(24-30-20)15-5-7-17(29-2)8-6-15/h5-10,12,22H,3-4,11,13H2,1-2H3. The Morgan fingerprint density at radius 2 is 2.00 bits per heavy atom. The van der Waals surface area contributed by atoms with Crippen molar-refractivity contribution in [3.05, 3.63) is 53.9 Å². The molecule has 0 radical (unpaired) electrons. The molecule has 1 aliphatic heterocycles. The number of nitrogens with zero attached hydrogens (tertiary/aromatic N) is 3. The second kappa shape index (κ2) is 8.48. The molecule has 0 spiro atoms. The van der Waals surface area contributed by atoms with Crippen LogP contribution >= 0.6 is 0 Å². The Labute approximate surface area is 180 Å². The van der Waals surface area contributed by atoms with Crippen molar-refractivity contribution in [1.29, 1.82) is 0 Å². The molecule has 31 heavy (non-hydrogen) atoms. The van der Waals surface area contributed by atoms with Crippen molar-refractivity contribution in [2.24, 2.45) is 0 Å². The van der Waals surface area contributed by atoms with E-state index < -0.39 is 10.0 Å². The lowest BCUT2D eigenvalue weighted by atomic mass is 10.0. The normalized spacial score (nSPS) is 13.7. The first-order valence-corrected chi connectivity index (χ1v) is 11.2. The highest BCUT2D eigenvalue weighted by Crippen LogP contribution is 2.29. The summed E-state index contributed by atoms with van der Waals surface area (Å²) in [5, 5.41) is 3.90. The molecule has 0 bridgehead atoms. The van der Waals surface area contributed by atoms with Crippen molar-refractivity contribution in [3.8, 4) is 17.1 Å². The number of aryl methyl sites for hydroxylation is 1. The summed E-state index contributed by atoms with van der Waals surface area (Å²) in [5.74, 6) is 1.15. The van der Waals surface area contributed by atoms with Crippen LogP contribution in [0, 0.1) is 0 Å². The lowest BCUT2D eigenvalue weighted by Gasteiger charge is -2.28. The molecule has 1 aromatic heterocycles. The van der Waals surface area contributed by atoms with Crippen molar-refractivity contribution in [3.63, 3.8) is 0 Å². The van der Waals surface area contributed by atoms with Gasteiger partial charge in [0, 0.05) is 24.7 Å². The van der Waals surface area contributed by atoms with Crippen LogP contribution in [0.4, 0.5) is 5.69 Å². The maximum Gasteiger partial charge on any atom is 0.242 e. The van der Waals surface area contributed by atoms with Crippen LogP contribution in [0.5, 0.6) is 5.75 Å². The summed E-state index contributed by atoms with van der Waals surface area (Å²) in [6, 6.07) is 11.9. The highest BCUT2D eigenvalue weighted by molar-refractivity contribution is 7.89. The van der Waals surface area contributed by atoms with E-state index in [0.29, 0.717) is 18.1 Å². The van der Waals surface area contributed by atoms with Gasteiger partial charge in [-0.05, 0) is 60.9 Å². The van der Waals surface area contributed by atoms with Gasteiger partial charge in [0.2, 0.25) is 27.6 Å². The molecule has 162 valence electrons. The van der Waals surface area contributed by atoms with E-state index in [0.717, 1.165) is 29.7 Å². The number of ether oxygens (including phenoxy) is 1. The molecule has 0 atom stereocenters. The van der Waals surface area contributed by atoms with Gasteiger partial charge in [0.15, 0.2) is 0 Å². The fraction of sp³-hybridized carbons (Fsp3) is 0.286. The minimum absolute atomic E-state index is 0.0567. The molecule has 1 aliphatic rings. The second-order valence-corrected chi connectivity index (χ2v) is 8.90. The number of carbonyl (C=O) groups excluding carboxylic acids is 1. The smallest absolute Gasteiger partial charge is 0.242 e. The number of sulfonamides is 1. The lowest BCUT2D eigenvalue weighted by Crippen LogP contribution is -2.33. The fourth-order valence-electron chi connectivity index (χ4n) is 3.49. The van der Waals surface area contributed by atoms with Gasteiger partial charge in [-0.25, -0.2) is 13.1 Å². The van der Waals surface area contributed by atoms with E-state index in [2.05, 4.69) is 14.9 Å². The van der Waals surface area contributed by atoms with E-state index in [1.807, 2.05) is 0 Å². The molecule has 0 aliphatic carbocycles.